The molecule has 1 saturated carbocycles. The van der Waals surface area contributed by atoms with E-state index in [2.05, 4.69) is 24.3 Å². The minimum Gasteiger partial charge on any atom is -0.493 e. The van der Waals surface area contributed by atoms with E-state index in [0.717, 1.165) is 31.3 Å². The lowest BCUT2D eigenvalue weighted by atomic mass is 9.79. The number of rotatable bonds is 10. The maximum absolute atomic E-state index is 10.9. The summed E-state index contributed by atoms with van der Waals surface area (Å²) in [5, 5.41) is 8.96. The molecule has 1 aromatic carbocycles. The van der Waals surface area contributed by atoms with Crippen molar-refractivity contribution in [1.29, 1.82) is 0 Å². The van der Waals surface area contributed by atoms with E-state index in [0.29, 0.717) is 18.1 Å². The number of hydrogen-bond donors (Lipinski definition) is 1. The molecule has 1 N–H and O–H groups in total. The second-order valence-corrected chi connectivity index (χ2v) is 8.38. The average molecular weight is 411 g/mol. The van der Waals surface area contributed by atoms with E-state index in [1.807, 2.05) is 6.92 Å². The molecule has 1 fully saturated rings. The van der Waals surface area contributed by atoms with Gasteiger partial charge in [-0.05, 0) is 80.7 Å². The van der Waals surface area contributed by atoms with Gasteiger partial charge in [-0.3, -0.25) is 0 Å². The third-order valence-electron chi connectivity index (χ3n) is 6.14. The number of benzene rings is 1. The standard InChI is InChI=1S/C26H34O4/c1-2-29-18-22-5-3-4-20(8-11-22)6-7-21-9-12-23(13-10-21)19-30-25-16-14-24(15-17-25)26(27)28/h3,5,8,11,14-17,21,23H,2,4,6-7,9-10,12-13,18-19H2,1H3,(H,27,28). The number of carbonyl (C=O) groups is 1. The van der Waals surface area contributed by atoms with E-state index in [9.17, 15) is 4.79 Å². The zero-order valence-corrected chi connectivity index (χ0v) is 18.0. The van der Waals surface area contributed by atoms with Gasteiger partial charge in [0.2, 0.25) is 0 Å². The number of allylic oxidation sites excluding steroid dienone is 4. The minimum atomic E-state index is -0.905. The Hall–Kier alpha value is -2.33. The zero-order valence-electron chi connectivity index (χ0n) is 18.0. The van der Waals surface area contributed by atoms with Gasteiger partial charge in [0.25, 0.3) is 0 Å². The van der Waals surface area contributed by atoms with Crippen molar-refractivity contribution >= 4 is 5.97 Å². The summed E-state index contributed by atoms with van der Waals surface area (Å²) in [5.74, 6) is 1.27. The Kier molecular flexibility index (Phi) is 8.76. The van der Waals surface area contributed by atoms with Crippen molar-refractivity contribution in [2.45, 2.75) is 51.9 Å². The van der Waals surface area contributed by atoms with Crippen LogP contribution in [0.1, 0.15) is 62.2 Å². The molecule has 0 aliphatic heterocycles. The molecule has 0 atom stereocenters. The zero-order chi connectivity index (χ0) is 21.2. The van der Waals surface area contributed by atoms with Crippen LogP contribution in [0.5, 0.6) is 5.75 Å². The van der Waals surface area contributed by atoms with E-state index < -0.39 is 5.97 Å². The molecule has 162 valence electrons. The van der Waals surface area contributed by atoms with Crippen molar-refractivity contribution in [3.8, 4) is 5.75 Å². The number of hydrogen-bond acceptors (Lipinski definition) is 3. The lowest BCUT2D eigenvalue weighted by Gasteiger charge is -2.28. The van der Waals surface area contributed by atoms with Crippen molar-refractivity contribution in [3.05, 3.63) is 65.3 Å². The third-order valence-corrected chi connectivity index (χ3v) is 6.14. The first-order valence-corrected chi connectivity index (χ1v) is 11.2. The SMILES string of the molecule is CCOCC1=CC=C(CCC2CCC(COc3ccc(C(=O)O)cc3)CC2)CC=C1. The molecule has 0 bridgehead atoms. The van der Waals surface area contributed by atoms with Crippen LogP contribution < -0.4 is 4.74 Å². The molecular formula is C26H34O4. The Morgan fingerprint density at radius 3 is 2.50 bits per heavy atom. The Labute approximate surface area is 180 Å². The number of aromatic carboxylic acids is 1. The van der Waals surface area contributed by atoms with Gasteiger partial charge >= 0.3 is 5.97 Å². The molecule has 0 amide bonds. The van der Waals surface area contributed by atoms with Crippen molar-refractivity contribution in [3.63, 3.8) is 0 Å². The van der Waals surface area contributed by atoms with Crippen LogP contribution in [0.3, 0.4) is 0 Å². The van der Waals surface area contributed by atoms with Gasteiger partial charge in [-0.1, -0.05) is 42.7 Å². The van der Waals surface area contributed by atoms with Crippen LogP contribution >= 0.6 is 0 Å². The quantitative estimate of drug-likeness (QED) is 0.499. The van der Waals surface area contributed by atoms with Gasteiger partial charge in [0.1, 0.15) is 5.75 Å². The summed E-state index contributed by atoms with van der Waals surface area (Å²) in [6, 6.07) is 6.69. The summed E-state index contributed by atoms with van der Waals surface area (Å²) in [5.41, 5.74) is 3.07. The summed E-state index contributed by atoms with van der Waals surface area (Å²) in [6.07, 6.45) is 17.5. The largest absolute Gasteiger partial charge is 0.493 e. The third kappa shape index (κ3) is 7.17. The van der Waals surface area contributed by atoms with Crippen LogP contribution in [-0.2, 0) is 4.74 Å². The van der Waals surface area contributed by atoms with Gasteiger partial charge in [0, 0.05) is 6.61 Å². The fraction of sp³-hybridized carbons (Fsp3) is 0.500. The van der Waals surface area contributed by atoms with Crippen molar-refractivity contribution < 1.29 is 19.4 Å². The number of carboxylic acid groups (broad SMARTS) is 1. The molecule has 2 aliphatic carbocycles. The summed E-state index contributed by atoms with van der Waals surface area (Å²) in [7, 11) is 0. The van der Waals surface area contributed by atoms with Gasteiger partial charge in [0.15, 0.2) is 0 Å². The Morgan fingerprint density at radius 1 is 1.07 bits per heavy atom. The van der Waals surface area contributed by atoms with E-state index in [4.69, 9.17) is 14.6 Å². The molecule has 0 heterocycles. The van der Waals surface area contributed by atoms with Crippen LogP contribution in [0.2, 0.25) is 0 Å². The molecule has 0 spiro atoms. The summed E-state index contributed by atoms with van der Waals surface area (Å²) < 4.78 is 11.4. The van der Waals surface area contributed by atoms with Gasteiger partial charge in [-0.2, -0.15) is 0 Å². The first-order chi connectivity index (χ1) is 14.6. The molecule has 4 nitrogen and oxygen atoms in total. The molecule has 0 saturated heterocycles. The minimum absolute atomic E-state index is 0.295. The fourth-order valence-electron chi connectivity index (χ4n) is 4.20. The molecule has 1 aromatic rings. The maximum Gasteiger partial charge on any atom is 0.335 e. The first kappa shape index (κ1) is 22.4. The van der Waals surface area contributed by atoms with Crippen LogP contribution in [0.4, 0.5) is 0 Å². The van der Waals surface area contributed by atoms with E-state index in [1.54, 1.807) is 24.3 Å². The highest BCUT2D eigenvalue weighted by molar-refractivity contribution is 5.87. The highest BCUT2D eigenvalue weighted by Crippen LogP contribution is 2.33. The maximum atomic E-state index is 10.9. The second kappa shape index (κ2) is 11.8. The van der Waals surface area contributed by atoms with Crippen molar-refractivity contribution in [1.82, 2.24) is 0 Å². The fourth-order valence-corrected chi connectivity index (χ4v) is 4.20. The lowest BCUT2D eigenvalue weighted by Crippen LogP contribution is -2.20. The normalized spacial score (nSPS) is 21.5. The Balaban J connectivity index is 1.35. The molecule has 4 heteroatoms. The molecule has 3 rings (SSSR count). The van der Waals surface area contributed by atoms with Crippen LogP contribution in [0.15, 0.2) is 59.7 Å². The van der Waals surface area contributed by atoms with Crippen LogP contribution in [-0.4, -0.2) is 30.9 Å². The van der Waals surface area contributed by atoms with E-state index in [1.165, 1.54) is 49.7 Å². The second-order valence-electron chi connectivity index (χ2n) is 8.38. The van der Waals surface area contributed by atoms with Crippen molar-refractivity contribution in [2.75, 3.05) is 19.8 Å². The smallest absolute Gasteiger partial charge is 0.335 e. The highest BCUT2D eigenvalue weighted by atomic mass is 16.5. The topological polar surface area (TPSA) is 55.8 Å². The number of ether oxygens (including phenoxy) is 2. The molecule has 0 radical (unpaired) electrons. The van der Waals surface area contributed by atoms with Gasteiger partial charge < -0.3 is 14.6 Å². The molecular weight excluding hydrogens is 376 g/mol. The summed E-state index contributed by atoms with van der Waals surface area (Å²) >= 11 is 0. The summed E-state index contributed by atoms with van der Waals surface area (Å²) in [4.78, 5) is 10.9. The Bertz CT molecular complexity index is 765. The summed E-state index contributed by atoms with van der Waals surface area (Å²) in [6.45, 7) is 4.21. The van der Waals surface area contributed by atoms with Crippen molar-refractivity contribution in [2.24, 2.45) is 11.8 Å². The van der Waals surface area contributed by atoms with Gasteiger partial charge in [0.05, 0.1) is 18.8 Å². The first-order valence-electron chi connectivity index (χ1n) is 11.2. The van der Waals surface area contributed by atoms with E-state index in [-0.39, 0.29) is 0 Å². The molecule has 0 aromatic heterocycles. The van der Waals surface area contributed by atoms with Crippen LogP contribution in [0, 0.1) is 11.8 Å². The Morgan fingerprint density at radius 2 is 1.80 bits per heavy atom. The van der Waals surface area contributed by atoms with Crippen LogP contribution in [0.25, 0.3) is 0 Å². The average Bonchev–Trinajstić information content (AvgIpc) is 3.01. The van der Waals surface area contributed by atoms with E-state index >= 15 is 0 Å². The predicted molar refractivity (Wildman–Crippen MR) is 120 cm³/mol. The molecule has 0 unspecified atom stereocenters. The monoisotopic (exact) mass is 410 g/mol. The molecule has 2 aliphatic rings. The van der Waals surface area contributed by atoms with Gasteiger partial charge in [-0.15, -0.1) is 0 Å². The predicted octanol–water partition coefficient (Wildman–Crippen LogP) is 6.20. The molecule has 30 heavy (non-hydrogen) atoms. The highest BCUT2D eigenvalue weighted by Gasteiger charge is 2.21. The number of carboxylic acids is 1. The van der Waals surface area contributed by atoms with Gasteiger partial charge in [-0.25, -0.2) is 4.79 Å². The lowest BCUT2D eigenvalue weighted by molar-refractivity contribution is 0.0697.